The maximum Gasteiger partial charge on any atom is 0.257 e. The number of piperazine rings is 1. The molecule has 7 nitrogen and oxygen atoms in total. The van der Waals surface area contributed by atoms with E-state index in [-0.39, 0.29) is 30.4 Å². The molecule has 162 valence electrons. The molecule has 2 atom stereocenters. The summed E-state index contributed by atoms with van der Waals surface area (Å²) in [5.41, 5.74) is 1.56. The summed E-state index contributed by atoms with van der Waals surface area (Å²) < 4.78 is 16.1. The average Bonchev–Trinajstić information content (AvgIpc) is 3.47. The van der Waals surface area contributed by atoms with Crippen molar-refractivity contribution in [2.75, 3.05) is 40.1 Å². The van der Waals surface area contributed by atoms with E-state index < -0.39 is 0 Å². The van der Waals surface area contributed by atoms with Crippen molar-refractivity contribution in [1.29, 1.82) is 0 Å². The van der Waals surface area contributed by atoms with Gasteiger partial charge in [-0.05, 0) is 48.2 Å². The summed E-state index contributed by atoms with van der Waals surface area (Å²) in [4.78, 5) is 29.6. The first-order valence-corrected chi connectivity index (χ1v) is 10.7. The predicted octanol–water partition coefficient (Wildman–Crippen LogP) is 3.17. The summed E-state index contributed by atoms with van der Waals surface area (Å²) in [6.45, 7) is 2.27. The van der Waals surface area contributed by atoms with E-state index in [9.17, 15) is 9.59 Å². The number of carbonyl (C=O) groups excluding carboxylic acids is 2. The second-order valence-electron chi connectivity index (χ2n) is 8.02. The van der Waals surface area contributed by atoms with Gasteiger partial charge in [-0.25, -0.2) is 0 Å². The maximum absolute atomic E-state index is 13.0. The Bertz CT molecular complexity index is 1030. The van der Waals surface area contributed by atoms with Gasteiger partial charge in [-0.15, -0.1) is 0 Å². The van der Waals surface area contributed by atoms with Crippen molar-refractivity contribution < 1.29 is 23.8 Å². The molecule has 0 radical (unpaired) electrons. The Balaban J connectivity index is 1.19. The Morgan fingerprint density at radius 3 is 2.52 bits per heavy atom. The molecule has 3 aliphatic rings. The van der Waals surface area contributed by atoms with Crippen LogP contribution < -0.4 is 14.2 Å². The number of nitrogens with zero attached hydrogens (tertiary/aromatic N) is 2. The molecule has 2 aliphatic heterocycles. The number of benzene rings is 2. The van der Waals surface area contributed by atoms with Gasteiger partial charge in [0.05, 0.1) is 12.7 Å². The highest BCUT2D eigenvalue weighted by Gasteiger charge is 2.46. The molecule has 0 N–H and O–H groups in total. The Kier molecular flexibility index (Phi) is 5.14. The lowest BCUT2D eigenvalue weighted by atomic mass is 10.1. The van der Waals surface area contributed by atoms with E-state index in [1.807, 2.05) is 23.1 Å². The Morgan fingerprint density at radius 2 is 1.74 bits per heavy atom. The first-order chi connectivity index (χ1) is 15.0. The standard InChI is InChI=1S/C23H23ClN2O5/c1-29-19-5-3-15(24)11-18(19)23(28)26-8-6-25(7-9-26)22(27)17-12-16(17)14-2-4-20-21(10-14)31-13-30-20/h2-5,10-11,16-17H,6-9,12-13H2,1H3. The van der Waals surface area contributed by atoms with Gasteiger partial charge in [0.2, 0.25) is 12.7 Å². The second kappa shape index (κ2) is 7.96. The minimum atomic E-state index is -0.129. The minimum Gasteiger partial charge on any atom is -0.496 e. The Labute approximate surface area is 185 Å². The van der Waals surface area contributed by atoms with Crippen molar-refractivity contribution in [2.24, 2.45) is 5.92 Å². The van der Waals surface area contributed by atoms with Crippen molar-refractivity contribution in [3.63, 3.8) is 0 Å². The third-order valence-electron chi connectivity index (χ3n) is 6.20. The van der Waals surface area contributed by atoms with E-state index in [4.69, 9.17) is 25.8 Å². The first-order valence-electron chi connectivity index (χ1n) is 10.4. The van der Waals surface area contributed by atoms with Crippen molar-refractivity contribution >= 4 is 23.4 Å². The molecular weight excluding hydrogens is 420 g/mol. The number of fused-ring (bicyclic) bond motifs is 1. The molecule has 1 aliphatic carbocycles. The van der Waals surface area contributed by atoms with E-state index >= 15 is 0 Å². The Morgan fingerprint density at radius 1 is 1.00 bits per heavy atom. The van der Waals surface area contributed by atoms with Crippen LogP contribution in [0.4, 0.5) is 0 Å². The third kappa shape index (κ3) is 3.78. The predicted molar refractivity (Wildman–Crippen MR) is 114 cm³/mol. The molecule has 1 saturated heterocycles. The second-order valence-corrected chi connectivity index (χ2v) is 8.46. The third-order valence-corrected chi connectivity index (χ3v) is 6.44. The lowest BCUT2D eigenvalue weighted by molar-refractivity contribution is -0.134. The number of carbonyl (C=O) groups is 2. The van der Waals surface area contributed by atoms with Gasteiger partial charge in [0.1, 0.15) is 5.75 Å². The zero-order valence-electron chi connectivity index (χ0n) is 17.2. The lowest BCUT2D eigenvalue weighted by Crippen LogP contribution is -2.51. The number of methoxy groups -OCH3 is 1. The average molecular weight is 443 g/mol. The molecular formula is C23H23ClN2O5. The summed E-state index contributed by atoms with van der Waals surface area (Å²) in [7, 11) is 1.53. The van der Waals surface area contributed by atoms with Crippen molar-refractivity contribution in [3.8, 4) is 17.2 Å². The van der Waals surface area contributed by atoms with Crippen LogP contribution in [0.25, 0.3) is 0 Å². The zero-order valence-corrected chi connectivity index (χ0v) is 17.9. The molecule has 2 aromatic rings. The first kappa shape index (κ1) is 20.0. The van der Waals surface area contributed by atoms with Crippen molar-refractivity contribution in [2.45, 2.75) is 12.3 Å². The van der Waals surface area contributed by atoms with Crippen LogP contribution in [0, 0.1) is 5.92 Å². The van der Waals surface area contributed by atoms with Gasteiger partial charge >= 0.3 is 0 Å². The van der Waals surface area contributed by atoms with Crippen LogP contribution in [0.1, 0.15) is 28.3 Å². The Hall–Kier alpha value is -2.93. The van der Waals surface area contributed by atoms with E-state index in [0.717, 1.165) is 23.5 Å². The largest absolute Gasteiger partial charge is 0.496 e. The summed E-state index contributed by atoms with van der Waals surface area (Å²) in [6, 6.07) is 10.9. The highest BCUT2D eigenvalue weighted by Crippen LogP contribution is 2.50. The van der Waals surface area contributed by atoms with Gasteiger partial charge in [0.25, 0.3) is 5.91 Å². The van der Waals surface area contributed by atoms with Crippen LogP contribution in [0.15, 0.2) is 36.4 Å². The highest BCUT2D eigenvalue weighted by molar-refractivity contribution is 6.31. The van der Waals surface area contributed by atoms with Gasteiger partial charge in [-0.2, -0.15) is 0 Å². The fourth-order valence-corrected chi connectivity index (χ4v) is 4.53. The molecule has 2 fully saturated rings. The minimum absolute atomic E-state index is 0.00403. The normalized spacial score (nSPS) is 21.7. The summed E-state index contributed by atoms with van der Waals surface area (Å²) in [6.07, 6.45) is 0.845. The van der Waals surface area contributed by atoms with Crippen LogP contribution >= 0.6 is 11.6 Å². The zero-order chi connectivity index (χ0) is 21.5. The molecule has 2 amide bonds. The molecule has 8 heteroatoms. The van der Waals surface area contributed by atoms with E-state index in [1.165, 1.54) is 7.11 Å². The number of hydrogen-bond acceptors (Lipinski definition) is 5. The molecule has 0 spiro atoms. The molecule has 5 rings (SSSR count). The van der Waals surface area contributed by atoms with Crippen LogP contribution in [-0.4, -0.2) is 61.7 Å². The van der Waals surface area contributed by atoms with Crippen molar-refractivity contribution in [3.05, 3.63) is 52.5 Å². The molecule has 2 unspecified atom stereocenters. The van der Waals surface area contributed by atoms with Gasteiger partial charge in [-0.3, -0.25) is 9.59 Å². The van der Waals surface area contributed by atoms with Gasteiger partial charge in [0, 0.05) is 37.1 Å². The van der Waals surface area contributed by atoms with Gasteiger partial charge in [-0.1, -0.05) is 17.7 Å². The molecule has 0 bridgehead atoms. The van der Waals surface area contributed by atoms with Crippen LogP contribution in [-0.2, 0) is 4.79 Å². The highest BCUT2D eigenvalue weighted by atomic mass is 35.5. The summed E-state index contributed by atoms with van der Waals surface area (Å²) in [5, 5.41) is 0.487. The summed E-state index contributed by atoms with van der Waals surface area (Å²) >= 11 is 6.06. The van der Waals surface area contributed by atoms with Gasteiger partial charge < -0.3 is 24.0 Å². The van der Waals surface area contributed by atoms with Crippen LogP contribution in [0.5, 0.6) is 17.2 Å². The van der Waals surface area contributed by atoms with Crippen LogP contribution in [0.2, 0.25) is 5.02 Å². The van der Waals surface area contributed by atoms with E-state index in [2.05, 4.69) is 0 Å². The van der Waals surface area contributed by atoms with Crippen molar-refractivity contribution in [1.82, 2.24) is 9.80 Å². The maximum atomic E-state index is 13.0. The van der Waals surface area contributed by atoms with Crippen LogP contribution in [0.3, 0.4) is 0 Å². The molecule has 2 aromatic carbocycles. The monoisotopic (exact) mass is 442 g/mol. The fourth-order valence-electron chi connectivity index (χ4n) is 4.36. The van der Waals surface area contributed by atoms with E-state index in [0.29, 0.717) is 42.5 Å². The number of amides is 2. The number of rotatable bonds is 4. The lowest BCUT2D eigenvalue weighted by Gasteiger charge is -2.35. The molecule has 0 aromatic heterocycles. The quantitative estimate of drug-likeness (QED) is 0.727. The topological polar surface area (TPSA) is 68.3 Å². The summed E-state index contributed by atoms with van der Waals surface area (Å²) in [5.74, 6) is 2.25. The van der Waals surface area contributed by atoms with E-state index in [1.54, 1.807) is 23.1 Å². The van der Waals surface area contributed by atoms with Gasteiger partial charge in [0.15, 0.2) is 11.5 Å². The SMILES string of the molecule is COc1ccc(Cl)cc1C(=O)N1CCN(C(=O)C2CC2c2ccc3c(c2)OCO3)CC1. The molecule has 1 saturated carbocycles. The fraction of sp³-hybridized carbons (Fsp3) is 0.391. The molecule has 2 heterocycles. The number of halogens is 1. The number of hydrogen-bond donors (Lipinski definition) is 0. The smallest absolute Gasteiger partial charge is 0.257 e. The molecule has 31 heavy (non-hydrogen) atoms. The number of ether oxygens (including phenoxy) is 3.